The van der Waals surface area contributed by atoms with Crippen molar-refractivity contribution in [1.82, 2.24) is 5.32 Å². The Morgan fingerprint density at radius 1 is 1.57 bits per heavy atom. The number of nitrogens with two attached hydrogens (primary N) is 1. The van der Waals surface area contributed by atoms with Crippen LogP contribution in [0.15, 0.2) is 0 Å². The van der Waals surface area contributed by atoms with Crippen molar-refractivity contribution in [3.05, 3.63) is 0 Å². The van der Waals surface area contributed by atoms with Crippen molar-refractivity contribution in [3.8, 4) is 0 Å². The van der Waals surface area contributed by atoms with Crippen molar-refractivity contribution in [2.75, 3.05) is 20.8 Å². The highest BCUT2D eigenvalue weighted by atomic mass is 35.5. The number of nitrogens with one attached hydrogen (secondary N) is 1. The lowest BCUT2D eigenvalue weighted by Gasteiger charge is -1.59. The molecule has 0 unspecified atom stereocenters. The molecule has 4 heteroatoms. The number of hydrogen-bond donors (Lipinski definition) is 3. The average Bonchev–Trinajstić information content (AvgIpc) is 1.39. The second kappa shape index (κ2) is 35.0. The van der Waals surface area contributed by atoms with Gasteiger partial charge >= 0.3 is 0 Å². The second-order valence-electron chi connectivity index (χ2n) is 0.683. The monoisotopic (exact) mass is 128 g/mol. The molecule has 0 aliphatic carbocycles. The summed E-state index contributed by atoms with van der Waals surface area (Å²) in [4.78, 5) is 0. The molecule has 0 aromatic rings. The van der Waals surface area contributed by atoms with E-state index < -0.39 is 0 Å². The molecule has 4 N–H and O–H groups in total. The molecular formula is C3H13ClN2O. The molecule has 0 aliphatic rings. The first kappa shape index (κ1) is 15.7. The molecular weight excluding hydrogens is 115 g/mol. The Kier molecular flexibility index (Phi) is 78.5. The average molecular weight is 129 g/mol. The predicted octanol–water partition coefficient (Wildman–Crippen LogP) is -0.848. The van der Waals surface area contributed by atoms with Crippen LogP contribution in [0.4, 0.5) is 0 Å². The molecule has 0 amide bonds. The third kappa shape index (κ3) is 3710. The van der Waals surface area contributed by atoms with Crippen LogP contribution in [0.1, 0.15) is 0 Å². The van der Waals surface area contributed by atoms with Gasteiger partial charge in [0, 0.05) is 0 Å². The van der Waals surface area contributed by atoms with Crippen LogP contribution in [0.3, 0.4) is 0 Å². The van der Waals surface area contributed by atoms with E-state index in [4.69, 9.17) is 5.11 Å². The SMILES string of the molecule is CNC.Cl.NCO. The van der Waals surface area contributed by atoms with Crippen molar-refractivity contribution in [1.29, 1.82) is 0 Å². The molecule has 0 rings (SSSR count). The Bertz CT molecular complexity index is 14.9. The summed E-state index contributed by atoms with van der Waals surface area (Å²) in [5.41, 5.74) is 4.40. The van der Waals surface area contributed by atoms with Crippen molar-refractivity contribution in [3.63, 3.8) is 0 Å². The molecule has 0 radical (unpaired) electrons. The number of aliphatic hydroxyl groups excluding tert-OH is 1. The van der Waals surface area contributed by atoms with Gasteiger partial charge in [0.15, 0.2) is 0 Å². The highest BCUT2D eigenvalue weighted by Gasteiger charge is 1.30. The molecule has 0 saturated heterocycles. The van der Waals surface area contributed by atoms with Crippen LogP contribution in [0.25, 0.3) is 0 Å². The zero-order chi connectivity index (χ0) is 5.41. The van der Waals surface area contributed by atoms with Crippen LogP contribution in [0.2, 0.25) is 0 Å². The summed E-state index contributed by atoms with van der Waals surface area (Å²) >= 11 is 0. The smallest absolute Gasteiger partial charge is 0.0906 e. The first-order valence-corrected chi connectivity index (χ1v) is 1.72. The fraction of sp³-hybridized carbons (Fsp3) is 1.00. The van der Waals surface area contributed by atoms with Gasteiger partial charge in [-0.25, -0.2) is 0 Å². The van der Waals surface area contributed by atoms with Crippen LogP contribution in [0.5, 0.6) is 0 Å². The van der Waals surface area contributed by atoms with Gasteiger partial charge in [-0.15, -0.1) is 12.4 Å². The molecule has 0 aliphatic heterocycles. The zero-order valence-electron chi connectivity index (χ0n) is 4.64. The highest BCUT2D eigenvalue weighted by molar-refractivity contribution is 5.85. The van der Waals surface area contributed by atoms with E-state index in [0.717, 1.165) is 0 Å². The topological polar surface area (TPSA) is 58.3 Å². The molecule has 0 fully saturated rings. The molecule has 0 aromatic carbocycles. The first-order chi connectivity index (χ1) is 2.83. The summed E-state index contributed by atoms with van der Waals surface area (Å²) in [5, 5.41) is 10.1. The van der Waals surface area contributed by atoms with Crippen molar-refractivity contribution >= 4 is 12.4 Å². The summed E-state index contributed by atoms with van der Waals surface area (Å²) < 4.78 is 0. The fourth-order valence-corrected chi connectivity index (χ4v) is 0. The Balaban J connectivity index is -0.0000000400. The largest absolute Gasteiger partial charge is 0.382 e. The lowest BCUT2D eigenvalue weighted by molar-refractivity contribution is 0.307. The van der Waals surface area contributed by atoms with Crippen molar-refractivity contribution in [2.24, 2.45) is 5.73 Å². The Hall–Kier alpha value is 0.170. The van der Waals surface area contributed by atoms with Gasteiger partial charge in [-0.05, 0) is 14.1 Å². The zero-order valence-corrected chi connectivity index (χ0v) is 5.46. The summed E-state index contributed by atoms with van der Waals surface area (Å²) in [6, 6.07) is 0. The molecule has 0 heterocycles. The molecule has 7 heavy (non-hydrogen) atoms. The lowest BCUT2D eigenvalue weighted by Crippen LogP contribution is -1.92. The van der Waals surface area contributed by atoms with Gasteiger partial charge in [0.1, 0.15) is 0 Å². The minimum absolute atomic E-state index is 0. The van der Waals surface area contributed by atoms with E-state index in [0.29, 0.717) is 0 Å². The lowest BCUT2D eigenvalue weighted by atomic mass is 11.3. The molecule has 0 bridgehead atoms. The molecule has 3 nitrogen and oxygen atoms in total. The van der Waals surface area contributed by atoms with Crippen LogP contribution >= 0.6 is 12.4 Å². The van der Waals surface area contributed by atoms with Gasteiger partial charge in [0.2, 0.25) is 0 Å². The van der Waals surface area contributed by atoms with E-state index in [1.54, 1.807) is 0 Å². The molecule has 0 aromatic heterocycles. The Labute approximate surface area is 50.3 Å². The summed E-state index contributed by atoms with van der Waals surface area (Å²) in [7, 11) is 3.75. The van der Waals surface area contributed by atoms with E-state index in [1.807, 2.05) is 14.1 Å². The van der Waals surface area contributed by atoms with Crippen LogP contribution in [-0.2, 0) is 0 Å². The summed E-state index contributed by atoms with van der Waals surface area (Å²) in [6.07, 6.45) is 0. The van der Waals surface area contributed by atoms with Gasteiger partial charge in [0.25, 0.3) is 0 Å². The van der Waals surface area contributed by atoms with E-state index >= 15 is 0 Å². The maximum absolute atomic E-state index is 7.35. The molecule has 48 valence electrons. The minimum atomic E-state index is -0.250. The normalized spacial score (nSPS) is 5.14. The van der Waals surface area contributed by atoms with Gasteiger partial charge in [-0.3, -0.25) is 0 Å². The minimum Gasteiger partial charge on any atom is -0.382 e. The van der Waals surface area contributed by atoms with Crippen LogP contribution in [-0.4, -0.2) is 25.9 Å². The van der Waals surface area contributed by atoms with E-state index in [9.17, 15) is 0 Å². The maximum Gasteiger partial charge on any atom is 0.0906 e. The van der Waals surface area contributed by atoms with Crippen molar-refractivity contribution in [2.45, 2.75) is 0 Å². The number of rotatable bonds is 0. The Morgan fingerprint density at radius 2 is 1.57 bits per heavy atom. The number of halogens is 1. The molecule has 0 atom stereocenters. The Morgan fingerprint density at radius 3 is 1.57 bits per heavy atom. The highest BCUT2D eigenvalue weighted by Crippen LogP contribution is 1.04. The second-order valence-corrected chi connectivity index (χ2v) is 0.683. The third-order valence-corrected chi connectivity index (χ3v) is 0. The van der Waals surface area contributed by atoms with Gasteiger partial charge < -0.3 is 16.2 Å². The van der Waals surface area contributed by atoms with Crippen molar-refractivity contribution < 1.29 is 5.11 Å². The predicted molar refractivity (Wildman–Crippen MR) is 33.5 cm³/mol. The third-order valence-electron chi connectivity index (χ3n) is 0. The van der Waals surface area contributed by atoms with E-state index in [2.05, 4.69) is 11.1 Å². The van der Waals surface area contributed by atoms with Gasteiger partial charge in [0.05, 0.1) is 6.73 Å². The summed E-state index contributed by atoms with van der Waals surface area (Å²) in [6.45, 7) is -0.250. The molecule has 0 saturated carbocycles. The van der Waals surface area contributed by atoms with Crippen LogP contribution in [0, 0.1) is 0 Å². The van der Waals surface area contributed by atoms with E-state index in [1.165, 1.54) is 0 Å². The fourth-order valence-electron chi connectivity index (χ4n) is 0. The van der Waals surface area contributed by atoms with Crippen LogP contribution < -0.4 is 11.1 Å². The van der Waals surface area contributed by atoms with E-state index in [-0.39, 0.29) is 19.1 Å². The van der Waals surface area contributed by atoms with Gasteiger partial charge in [-0.2, -0.15) is 0 Å². The maximum atomic E-state index is 7.35. The number of hydrogen-bond acceptors (Lipinski definition) is 3. The standard InChI is InChI=1S/C2H7N.CH5NO.ClH/c1-3-2;2-1-3;/h3H,1-2H3;3H,1-2H2;1H. The van der Waals surface area contributed by atoms with Gasteiger partial charge in [-0.1, -0.05) is 0 Å². The quantitative estimate of drug-likeness (QED) is 0.373. The number of aliphatic hydroxyl groups is 1. The summed E-state index contributed by atoms with van der Waals surface area (Å²) in [5.74, 6) is 0. The molecule has 0 spiro atoms. The first-order valence-electron chi connectivity index (χ1n) is 1.72.